The normalized spacial score (nSPS) is 28.1. The van der Waals surface area contributed by atoms with Crippen molar-refractivity contribution in [3.8, 4) is 5.75 Å². The van der Waals surface area contributed by atoms with Gasteiger partial charge in [-0.05, 0) is 29.2 Å². The Hall–Kier alpha value is -1.93. The van der Waals surface area contributed by atoms with Gasteiger partial charge < -0.3 is 29.9 Å². The van der Waals surface area contributed by atoms with E-state index in [9.17, 15) is 20.4 Å². The monoisotopic (exact) mass is 432 g/mol. The summed E-state index contributed by atoms with van der Waals surface area (Å²) in [7, 11) is 0. The van der Waals surface area contributed by atoms with Crippen LogP contribution >= 0.6 is 11.6 Å². The number of aliphatic hydroxyl groups is 4. The van der Waals surface area contributed by atoms with Crippen molar-refractivity contribution in [2.24, 2.45) is 0 Å². The summed E-state index contributed by atoms with van der Waals surface area (Å²) in [6.07, 6.45) is -3.23. The van der Waals surface area contributed by atoms with Crippen LogP contribution in [0.15, 0.2) is 36.9 Å². The molecule has 2 aliphatic rings. The molecule has 2 aromatic carbocycles. The van der Waals surface area contributed by atoms with E-state index in [2.05, 4.69) is 6.58 Å². The van der Waals surface area contributed by atoms with Gasteiger partial charge in [0.15, 0.2) is 0 Å². The summed E-state index contributed by atoms with van der Waals surface area (Å²) < 4.78 is 11.6. The molecule has 6 nitrogen and oxygen atoms in total. The average molecular weight is 433 g/mol. The van der Waals surface area contributed by atoms with Gasteiger partial charge in [0.25, 0.3) is 0 Å². The van der Waals surface area contributed by atoms with Crippen LogP contribution in [0.4, 0.5) is 0 Å². The van der Waals surface area contributed by atoms with Gasteiger partial charge in [0.05, 0.1) is 18.2 Å². The van der Waals surface area contributed by atoms with Crippen LogP contribution in [0, 0.1) is 0 Å². The van der Waals surface area contributed by atoms with E-state index in [4.69, 9.17) is 21.1 Å². The average Bonchev–Trinajstić information content (AvgIpc) is 3.26. The summed E-state index contributed by atoms with van der Waals surface area (Å²) in [4.78, 5) is 0. The van der Waals surface area contributed by atoms with E-state index in [-0.39, 0.29) is 0 Å². The van der Waals surface area contributed by atoms with Gasteiger partial charge >= 0.3 is 0 Å². The number of hydrogen-bond acceptors (Lipinski definition) is 6. The third-order valence-corrected chi connectivity index (χ3v) is 6.29. The molecule has 2 heterocycles. The van der Waals surface area contributed by atoms with Crippen molar-refractivity contribution in [1.82, 2.24) is 0 Å². The Balaban J connectivity index is 1.73. The molecule has 0 bridgehead atoms. The quantitative estimate of drug-likeness (QED) is 0.577. The van der Waals surface area contributed by atoms with Crippen LogP contribution < -0.4 is 4.74 Å². The van der Waals surface area contributed by atoms with Crippen LogP contribution in [0.2, 0.25) is 5.02 Å². The van der Waals surface area contributed by atoms with Crippen LogP contribution in [0.3, 0.4) is 0 Å². The van der Waals surface area contributed by atoms with Gasteiger partial charge in [0, 0.05) is 17.5 Å². The predicted octanol–water partition coefficient (Wildman–Crippen LogP) is 2.02. The molecule has 2 aliphatic heterocycles. The number of aliphatic hydroxyl groups excluding tert-OH is 4. The van der Waals surface area contributed by atoms with Crippen molar-refractivity contribution in [1.29, 1.82) is 0 Å². The highest BCUT2D eigenvalue weighted by Gasteiger charge is 2.45. The Labute approximate surface area is 180 Å². The van der Waals surface area contributed by atoms with E-state index >= 15 is 0 Å². The van der Waals surface area contributed by atoms with E-state index in [0.29, 0.717) is 35.8 Å². The molecule has 30 heavy (non-hydrogen) atoms. The van der Waals surface area contributed by atoms with Crippen LogP contribution in [0.25, 0.3) is 6.08 Å². The SMILES string of the molecule is C=Cc1ccc(Cc2cc([C@@H]3O[C@H](CO)[C@@H](O)[C@H](O)[C@H]3O)c3c(c2Cl)CCO3)cc1. The first-order chi connectivity index (χ1) is 14.4. The molecule has 0 unspecified atom stereocenters. The Morgan fingerprint density at radius 1 is 1.10 bits per heavy atom. The van der Waals surface area contributed by atoms with Crippen LogP contribution in [-0.2, 0) is 17.6 Å². The zero-order valence-electron chi connectivity index (χ0n) is 16.4. The van der Waals surface area contributed by atoms with Gasteiger partial charge in [0.2, 0.25) is 0 Å². The van der Waals surface area contributed by atoms with Crippen molar-refractivity contribution >= 4 is 17.7 Å². The second-order valence-corrected chi connectivity index (χ2v) is 8.09. The fourth-order valence-electron chi connectivity index (χ4n) is 4.12. The van der Waals surface area contributed by atoms with Gasteiger partial charge in [-0.2, -0.15) is 0 Å². The first-order valence-corrected chi connectivity index (χ1v) is 10.3. The molecule has 0 spiro atoms. The Morgan fingerprint density at radius 3 is 2.50 bits per heavy atom. The molecule has 0 aliphatic carbocycles. The lowest BCUT2D eigenvalue weighted by molar-refractivity contribution is -0.232. The highest BCUT2D eigenvalue weighted by molar-refractivity contribution is 6.32. The predicted molar refractivity (Wildman–Crippen MR) is 113 cm³/mol. The minimum absolute atomic E-state index is 0.455. The fraction of sp³-hybridized carbons (Fsp3) is 0.391. The molecule has 7 heteroatoms. The fourth-order valence-corrected chi connectivity index (χ4v) is 4.42. The summed E-state index contributed by atoms with van der Waals surface area (Å²) in [5.74, 6) is 0.537. The lowest BCUT2D eigenvalue weighted by Crippen LogP contribution is -2.55. The van der Waals surface area contributed by atoms with Crippen molar-refractivity contribution in [2.75, 3.05) is 13.2 Å². The highest BCUT2D eigenvalue weighted by Crippen LogP contribution is 2.45. The minimum Gasteiger partial charge on any atom is -0.493 e. The Morgan fingerprint density at radius 2 is 1.83 bits per heavy atom. The molecule has 0 amide bonds. The first-order valence-electron chi connectivity index (χ1n) is 9.93. The molecular weight excluding hydrogens is 408 g/mol. The molecule has 0 aromatic heterocycles. The zero-order chi connectivity index (χ0) is 21.4. The van der Waals surface area contributed by atoms with E-state index in [1.807, 2.05) is 30.3 Å². The largest absolute Gasteiger partial charge is 0.493 e. The highest BCUT2D eigenvalue weighted by atomic mass is 35.5. The van der Waals surface area contributed by atoms with Gasteiger partial charge in [-0.25, -0.2) is 0 Å². The molecule has 4 N–H and O–H groups in total. The summed E-state index contributed by atoms with van der Waals surface area (Å²) >= 11 is 6.69. The third kappa shape index (κ3) is 3.75. The summed E-state index contributed by atoms with van der Waals surface area (Å²) in [6, 6.07) is 9.78. The van der Waals surface area contributed by atoms with Crippen molar-refractivity contribution in [2.45, 2.75) is 43.4 Å². The van der Waals surface area contributed by atoms with Gasteiger partial charge in [0.1, 0.15) is 36.3 Å². The molecule has 5 atom stereocenters. The van der Waals surface area contributed by atoms with E-state index in [1.165, 1.54) is 0 Å². The molecule has 1 saturated heterocycles. The molecule has 0 saturated carbocycles. The smallest absolute Gasteiger partial charge is 0.130 e. The molecular formula is C23H25ClO6. The van der Waals surface area contributed by atoms with Crippen LogP contribution in [0.1, 0.15) is 33.9 Å². The zero-order valence-corrected chi connectivity index (χ0v) is 17.1. The van der Waals surface area contributed by atoms with Gasteiger partial charge in [-0.3, -0.25) is 0 Å². The number of ether oxygens (including phenoxy) is 2. The van der Waals surface area contributed by atoms with Gasteiger partial charge in [-0.1, -0.05) is 48.5 Å². The van der Waals surface area contributed by atoms with Crippen LogP contribution in [0.5, 0.6) is 5.75 Å². The van der Waals surface area contributed by atoms with E-state index in [1.54, 1.807) is 6.08 Å². The third-order valence-electron chi connectivity index (χ3n) is 5.82. The van der Waals surface area contributed by atoms with E-state index in [0.717, 1.165) is 22.3 Å². The topological polar surface area (TPSA) is 99.4 Å². The summed E-state index contributed by atoms with van der Waals surface area (Å²) in [5.41, 5.74) is 4.32. The minimum atomic E-state index is -1.46. The maximum absolute atomic E-state index is 10.6. The second kappa shape index (κ2) is 8.67. The molecule has 1 fully saturated rings. The number of benzene rings is 2. The number of rotatable bonds is 5. The molecule has 160 valence electrons. The van der Waals surface area contributed by atoms with Gasteiger partial charge in [-0.15, -0.1) is 0 Å². The number of fused-ring (bicyclic) bond motifs is 1. The Bertz CT molecular complexity index is 926. The maximum Gasteiger partial charge on any atom is 0.130 e. The summed E-state index contributed by atoms with van der Waals surface area (Å²) in [6.45, 7) is 3.73. The Kier molecular flexibility index (Phi) is 6.16. The lowest BCUT2D eigenvalue weighted by Gasteiger charge is -2.40. The number of hydrogen-bond donors (Lipinski definition) is 4. The maximum atomic E-state index is 10.6. The van der Waals surface area contributed by atoms with Crippen LogP contribution in [-0.4, -0.2) is 58.1 Å². The first kappa shape index (κ1) is 21.3. The van der Waals surface area contributed by atoms with Crippen molar-refractivity contribution < 1.29 is 29.9 Å². The molecule has 4 rings (SSSR count). The number of halogens is 1. The second-order valence-electron chi connectivity index (χ2n) is 7.72. The molecule has 2 aromatic rings. The molecule has 0 radical (unpaired) electrons. The van der Waals surface area contributed by atoms with E-state index < -0.39 is 37.1 Å². The van der Waals surface area contributed by atoms with Crippen molar-refractivity contribution in [3.05, 3.63) is 69.8 Å². The lowest BCUT2D eigenvalue weighted by atomic mass is 9.88. The van der Waals surface area contributed by atoms with Crippen molar-refractivity contribution in [3.63, 3.8) is 0 Å². The summed E-state index contributed by atoms with van der Waals surface area (Å²) in [5, 5.41) is 41.1. The standard InChI is InChI=1S/C23H25ClO6/c1-2-12-3-5-13(6-4-12)9-14-10-16(22-15(18(14)24)7-8-29-22)23-21(28)20(27)19(26)17(11-25)30-23/h2-6,10,17,19-21,23,25-28H,1,7-9,11H2/t17-,19-,20+,21-,23+/m1/s1.